The molecule has 3 aromatic carbocycles. The Hall–Kier alpha value is -3.15. The topological polar surface area (TPSA) is 135 Å². The number of non-ortho nitro benzene ring substituents is 1. The third-order valence-electron chi connectivity index (χ3n) is 3.85. The Kier molecular flexibility index (Phi) is 5.97. The summed E-state index contributed by atoms with van der Waals surface area (Å²) in [6.07, 6.45) is 0. The highest BCUT2D eigenvalue weighted by Gasteiger charge is 2.19. The maximum Gasteiger partial charge on any atom is 0.270 e. The van der Waals surface area contributed by atoms with Crippen molar-refractivity contribution in [1.29, 1.82) is 0 Å². The highest BCUT2D eigenvalue weighted by Crippen LogP contribution is 2.23. The van der Waals surface area contributed by atoms with Crippen LogP contribution in [0.2, 0.25) is 5.02 Å². The zero-order chi connectivity index (χ0) is 21.9. The molecule has 0 unspecified atom stereocenters. The van der Waals surface area contributed by atoms with Crippen LogP contribution < -0.4 is 9.44 Å². The van der Waals surface area contributed by atoms with Crippen LogP contribution >= 0.6 is 11.6 Å². The first-order valence-electron chi connectivity index (χ1n) is 8.23. The number of hydrogen-bond acceptors (Lipinski definition) is 6. The lowest BCUT2D eigenvalue weighted by Crippen LogP contribution is -2.14. The molecule has 2 N–H and O–H groups in total. The zero-order valence-corrected chi connectivity index (χ0v) is 17.4. The Balaban J connectivity index is 1.79. The van der Waals surface area contributed by atoms with Gasteiger partial charge in [0.2, 0.25) is 0 Å². The van der Waals surface area contributed by atoms with Crippen molar-refractivity contribution in [3.63, 3.8) is 0 Å². The third kappa shape index (κ3) is 5.06. The minimum Gasteiger partial charge on any atom is -0.280 e. The predicted molar refractivity (Wildman–Crippen MR) is 113 cm³/mol. The lowest BCUT2D eigenvalue weighted by molar-refractivity contribution is -0.385. The number of nitrogens with one attached hydrogen (secondary N) is 2. The molecule has 0 spiro atoms. The minimum absolute atomic E-state index is 0.0873. The number of nitro benzene ring substituents is 1. The summed E-state index contributed by atoms with van der Waals surface area (Å²) in [6.45, 7) is 0. The van der Waals surface area contributed by atoms with Crippen LogP contribution in [0.4, 0.5) is 17.1 Å². The minimum atomic E-state index is -4.10. The van der Waals surface area contributed by atoms with Crippen molar-refractivity contribution < 1.29 is 21.8 Å². The second-order valence-corrected chi connectivity index (χ2v) is 9.80. The molecule has 12 heteroatoms. The number of anilines is 2. The van der Waals surface area contributed by atoms with Crippen LogP contribution in [-0.4, -0.2) is 21.8 Å². The molecule has 0 bridgehead atoms. The first-order chi connectivity index (χ1) is 14.1. The smallest absolute Gasteiger partial charge is 0.270 e. The maximum absolute atomic E-state index is 12.5. The fraction of sp³-hybridized carbons (Fsp3) is 0. The molecule has 0 aliphatic carbocycles. The molecule has 3 aromatic rings. The average molecular weight is 468 g/mol. The molecule has 0 heterocycles. The van der Waals surface area contributed by atoms with Crippen LogP contribution in [0.1, 0.15) is 0 Å². The van der Waals surface area contributed by atoms with E-state index in [2.05, 4.69) is 9.44 Å². The van der Waals surface area contributed by atoms with Gasteiger partial charge >= 0.3 is 0 Å². The Morgan fingerprint density at radius 3 is 1.77 bits per heavy atom. The highest BCUT2D eigenvalue weighted by atomic mass is 35.5. The van der Waals surface area contributed by atoms with Gasteiger partial charge in [-0.1, -0.05) is 17.7 Å². The van der Waals surface area contributed by atoms with Gasteiger partial charge in [-0.2, -0.15) is 0 Å². The molecule has 0 atom stereocenters. The van der Waals surface area contributed by atoms with E-state index in [9.17, 15) is 26.9 Å². The average Bonchev–Trinajstić information content (AvgIpc) is 2.70. The molecule has 30 heavy (non-hydrogen) atoms. The number of halogens is 1. The predicted octanol–water partition coefficient (Wildman–Crippen LogP) is 3.85. The fourth-order valence-corrected chi connectivity index (χ4v) is 4.69. The molecule has 156 valence electrons. The molecule has 0 saturated carbocycles. The quantitative estimate of drug-likeness (QED) is 0.400. The van der Waals surface area contributed by atoms with E-state index in [0.29, 0.717) is 10.7 Å². The summed E-state index contributed by atoms with van der Waals surface area (Å²) < 4.78 is 54.5. The lowest BCUT2D eigenvalue weighted by Gasteiger charge is -2.10. The summed E-state index contributed by atoms with van der Waals surface area (Å²) in [5.74, 6) is 0. The number of rotatable bonds is 7. The van der Waals surface area contributed by atoms with E-state index in [1.54, 1.807) is 0 Å². The Labute approximate surface area is 177 Å². The fourth-order valence-electron chi connectivity index (χ4n) is 2.41. The van der Waals surface area contributed by atoms with E-state index in [4.69, 9.17) is 11.6 Å². The molecule has 3 rings (SSSR count). The first-order valence-corrected chi connectivity index (χ1v) is 11.6. The van der Waals surface area contributed by atoms with Crippen LogP contribution in [0.5, 0.6) is 0 Å². The monoisotopic (exact) mass is 467 g/mol. The Morgan fingerprint density at radius 1 is 0.733 bits per heavy atom. The molecule has 0 aliphatic rings. The van der Waals surface area contributed by atoms with E-state index in [1.165, 1.54) is 66.7 Å². The molecule has 0 aromatic heterocycles. The van der Waals surface area contributed by atoms with Gasteiger partial charge in [0, 0.05) is 28.5 Å². The Morgan fingerprint density at radius 2 is 1.23 bits per heavy atom. The van der Waals surface area contributed by atoms with E-state index < -0.39 is 25.0 Å². The van der Waals surface area contributed by atoms with Gasteiger partial charge in [-0.25, -0.2) is 16.8 Å². The molecule has 0 radical (unpaired) electrons. The van der Waals surface area contributed by atoms with Crippen LogP contribution in [-0.2, 0) is 20.0 Å². The van der Waals surface area contributed by atoms with Crippen molar-refractivity contribution in [1.82, 2.24) is 0 Å². The van der Waals surface area contributed by atoms with E-state index in [-0.39, 0.29) is 21.2 Å². The second-order valence-electron chi connectivity index (χ2n) is 6.00. The number of nitrogens with zero attached hydrogens (tertiary/aromatic N) is 1. The van der Waals surface area contributed by atoms with Crippen LogP contribution in [0.3, 0.4) is 0 Å². The van der Waals surface area contributed by atoms with Crippen molar-refractivity contribution in [3.8, 4) is 0 Å². The van der Waals surface area contributed by atoms with Gasteiger partial charge in [0.05, 0.1) is 14.7 Å². The standard InChI is InChI=1S/C18H14ClN3O6S2/c19-13-4-6-14(7-5-13)20-29(25,26)17-10-8-15(9-11-17)21-30(27,28)18-3-1-2-16(12-18)22(23)24/h1-12,20-21H. The van der Waals surface area contributed by atoms with Crippen molar-refractivity contribution >= 4 is 48.7 Å². The van der Waals surface area contributed by atoms with Gasteiger partial charge in [0.25, 0.3) is 25.7 Å². The largest absolute Gasteiger partial charge is 0.280 e. The molecular formula is C18H14ClN3O6S2. The maximum atomic E-state index is 12.5. The summed E-state index contributed by atoms with van der Waals surface area (Å²) in [5, 5.41) is 11.3. The van der Waals surface area contributed by atoms with Crippen molar-refractivity contribution in [2.75, 3.05) is 9.44 Å². The second kappa shape index (κ2) is 8.30. The van der Waals surface area contributed by atoms with Gasteiger partial charge in [-0.05, 0) is 54.6 Å². The molecule has 0 amide bonds. The van der Waals surface area contributed by atoms with E-state index in [0.717, 1.165) is 6.07 Å². The van der Waals surface area contributed by atoms with Crippen LogP contribution in [0.25, 0.3) is 0 Å². The molecular weight excluding hydrogens is 454 g/mol. The van der Waals surface area contributed by atoms with Crippen molar-refractivity contribution in [2.24, 2.45) is 0 Å². The highest BCUT2D eigenvalue weighted by molar-refractivity contribution is 7.93. The summed E-state index contributed by atoms with van der Waals surface area (Å²) >= 11 is 5.77. The van der Waals surface area contributed by atoms with Gasteiger partial charge in [-0.3, -0.25) is 19.6 Å². The molecule has 0 aliphatic heterocycles. The van der Waals surface area contributed by atoms with E-state index in [1.807, 2.05) is 0 Å². The molecule has 9 nitrogen and oxygen atoms in total. The van der Waals surface area contributed by atoms with Crippen molar-refractivity contribution in [2.45, 2.75) is 9.79 Å². The molecule has 0 saturated heterocycles. The van der Waals surface area contributed by atoms with Gasteiger partial charge in [-0.15, -0.1) is 0 Å². The zero-order valence-electron chi connectivity index (χ0n) is 15.0. The lowest BCUT2D eigenvalue weighted by atomic mass is 10.3. The summed E-state index contributed by atoms with van der Waals surface area (Å²) in [4.78, 5) is 9.76. The first kappa shape index (κ1) is 21.6. The third-order valence-corrected chi connectivity index (χ3v) is 6.88. The van der Waals surface area contributed by atoms with Crippen LogP contribution in [0, 0.1) is 10.1 Å². The van der Waals surface area contributed by atoms with Crippen LogP contribution in [0.15, 0.2) is 82.6 Å². The van der Waals surface area contributed by atoms with Gasteiger partial charge in [0.15, 0.2) is 0 Å². The summed E-state index contributed by atoms with van der Waals surface area (Å²) in [6, 6.07) is 15.6. The number of benzene rings is 3. The number of sulfonamides is 2. The van der Waals surface area contributed by atoms with Crippen molar-refractivity contribution in [3.05, 3.63) is 87.9 Å². The number of hydrogen-bond donors (Lipinski definition) is 2. The molecule has 0 fully saturated rings. The number of nitro groups is 1. The SMILES string of the molecule is O=[N+]([O-])c1cccc(S(=O)(=O)Nc2ccc(S(=O)(=O)Nc3ccc(Cl)cc3)cc2)c1. The normalized spacial score (nSPS) is 11.6. The Bertz CT molecular complexity index is 1290. The van der Waals surface area contributed by atoms with Gasteiger partial charge < -0.3 is 0 Å². The summed E-state index contributed by atoms with van der Waals surface area (Å²) in [7, 11) is -8.00. The van der Waals surface area contributed by atoms with Gasteiger partial charge in [0.1, 0.15) is 0 Å². The summed E-state index contributed by atoms with van der Waals surface area (Å²) in [5.41, 5.74) is 0.0365. The van der Waals surface area contributed by atoms with E-state index >= 15 is 0 Å².